The molecule has 0 saturated heterocycles. The van der Waals surface area contributed by atoms with Crippen LogP contribution in [0.4, 0.5) is 0 Å². The van der Waals surface area contributed by atoms with Gasteiger partial charge in [-0.25, -0.2) is 4.79 Å². The lowest BCUT2D eigenvalue weighted by atomic mass is 10.1. The van der Waals surface area contributed by atoms with E-state index >= 15 is 0 Å². The molecule has 1 aliphatic rings. The molecule has 0 aliphatic carbocycles. The molecule has 16 heavy (non-hydrogen) atoms. The Kier molecular flexibility index (Phi) is 2.96. The number of fused-ring (bicyclic) bond motifs is 1. The van der Waals surface area contributed by atoms with E-state index in [1.165, 1.54) is 19.2 Å². The summed E-state index contributed by atoms with van der Waals surface area (Å²) in [6.45, 7) is 0.650. The summed E-state index contributed by atoms with van der Waals surface area (Å²) in [6, 6.07) is 3.01. The number of hydrogen-bond donors (Lipinski definition) is 1. The lowest BCUT2D eigenvalue weighted by Gasteiger charge is -2.09. The first-order valence-corrected chi connectivity index (χ1v) is 4.87. The molecule has 1 N–H and O–H groups in total. The van der Waals surface area contributed by atoms with E-state index in [0.29, 0.717) is 18.1 Å². The summed E-state index contributed by atoms with van der Waals surface area (Å²) >= 11 is 0. The van der Waals surface area contributed by atoms with Crippen molar-refractivity contribution >= 4 is 5.97 Å². The number of aromatic carboxylic acids is 1. The zero-order valence-electron chi connectivity index (χ0n) is 8.86. The lowest BCUT2D eigenvalue weighted by molar-refractivity contribution is 0.0501. The van der Waals surface area contributed by atoms with Gasteiger partial charge in [0.15, 0.2) is 6.79 Å². The maximum atomic E-state index is 10.9. The second kappa shape index (κ2) is 4.40. The lowest BCUT2D eigenvalue weighted by Crippen LogP contribution is -2.03. The summed E-state index contributed by atoms with van der Waals surface area (Å²) < 4.78 is 15.4. The van der Waals surface area contributed by atoms with E-state index < -0.39 is 5.97 Å². The molecule has 5 nitrogen and oxygen atoms in total. The molecule has 86 valence electrons. The van der Waals surface area contributed by atoms with Gasteiger partial charge in [-0.05, 0) is 12.1 Å². The molecule has 1 heterocycles. The second-order valence-corrected chi connectivity index (χ2v) is 3.41. The first kappa shape index (κ1) is 10.8. The van der Waals surface area contributed by atoms with Gasteiger partial charge >= 0.3 is 5.97 Å². The highest BCUT2D eigenvalue weighted by Gasteiger charge is 2.20. The molecule has 0 unspecified atom stereocenters. The van der Waals surface area contributed by atoms with E-state index in [9.17, 15) is 4.79 Å². The Balaban J connectivity index is 2.37. The first-order chi connectivity index (χ1) is 7.72. The fraction of sp³-hybridized carbons (Fsp3) is 0.364. The van der Waals surface area contributed by atoms with Crippen molar-refractivity contribution in [1.82, 2.24) is 0 Å². The smallest absolute Gasteiger partial charge is 0.335 e. The van der Waals surface area contributed by atoms with Gasteiger partial charge in [0.05, 0.1) is 12.2 Å². The molecule has 1 aliphatic heterocycles. The predicted octanol–water partition coefficient (Wildman–Crippen LogP) is 1.30. The molecule has 0 radical (unpaired) electrons. The summed E-state index contributed by atoms with van der Waals surface area (Å²) in [5.74, 6) is 0.112. The van der Waals surface area contributed by atoms with Crippen LogP contribution in [0.25, 0.3) is 0 Å². The van der Waals surface area contributed by atoms with Gasteiger partial charge in [-0.15, -0.1) is 0 Å². The maximum absolute atomic E-state index is 10.9. The third kappa shape index (κ3) is 1.94. The number of rotatable bonds is 4. The highest BCUT2D eigenvalue weighted by atomic mass is 16.7. The zero-order chi connectivity index (χ0) is 11.5. The van der Waals surface area contributed by atoms with Gasteiger partial charge in [0.25, 0.3) is 0 Å². The van der Waals surface area contributed by atoms with Crippen molar-refractivity contribution in [2.24, 2.45) is 0 Å². The van der Waals surface area contributed by atoms with Crippen molar-refractivity contribution in [2.45, 2.75) is 6.42 Å². The Labute approximate surface area is 92.5 Å². The van der Waals surface area contributed by atoms with Crippen LogP contribution >= 0.6 is 0 Å². The Morgan fingerprint density at radius 1 is 1.56 bits per heavy atom. The molecule has 0 saturated carbocycles. The zero-order valence-corrected chi connectivity index (χ0v) is 8.86. The van der Waals surface area contributed by atoms with Gasteiger partial charge in [-0.1, -0.05) is 0 Å². The number of carbonyl (C=O) groups is 1. The van der Waals surface area contributed by atoms with Gasteiger partial charge in [0, 0.05) is 19.1 Å². The predicted molar refractivity (Wildman–Crippen MR) is 55.1 cm³/mol. The Bertz CT molecular complexity index is 413. The van der Waals surface area contributed by atoms with E-state index in [0.717, 1.165) is 12.0 Å². The molecule has 2 rings (SSSR count). The third-order valence-electron chi connectivity index (χ3n) is 2.36. The van der Waals surface area contributed by atoms with Crippen LogP contribution in [0.2, 0.25) is 0 Å². The van der Waals surface area contributed by atoms with Crippen LogP contribution in [0.15, 0.2) is 12.1 Å². The van der Waals surface area contributed by atoms with Crippen molar-refractivity contribution in [3.8, 4) is 11.5 Å². The molecule has 1 aromatic rings. The molecule has 0 aromatic heterocycles. The molecule has 0 atom stereocenters. The van der Waals surface area contributed by atoms with Crippen molar-refractivity contribution in [3.05, 3.63) is 23.3 Å². The number of benzene rings is 1. The first-order valence-electron chi connectivity index (χ1n) is 4.87. The summed E-state index contributed by atoms with van der Waals surface area (Å²) in [7, 11) is 1.51. The van der Waals surface area contributed by atoms with Crippen molar-refractivity contribution < 1.29 is 24.1 Å². The fourth-order valence-electron chi connectivity index (χ4n) is 1.63. The molecule has 0 amide bonds. The molecular formula is C11H12O5. The van der Waals surface area contributed by atoms with Gasteiger partial charge in [-0.3, -0.25) is 0 Å². The van der Waals surface area contributed by atoms with Gasteiger partial charge in [0.1, 0.15) is 11.5 Å². The molecular weight excluding hydrogens is 212 g/mol. The highest BCUT2D eigenvalue weighted by Crippen LogP contribution is 2.35. The van der Waals surface area contributed by atoms with Crippen LogP contribution in [0.1, 0.15) is 15.9 Å². The maximum Gasteiger partial charge on any atom is 0.335 e. The van der Waals surface area contributed by atoms with Crippen LogP contribution < -0.4 is 9.47 Å². The van der Waals surface area contributed by atoms with E-state index in [4.69, 9.17) is 19.3 Å². The van der Waals surface area contributed by atoms with E-state index in [1.54, 1.807) is 0 Å². The topological polar surface area (TPSA) is 65.0 Å². The largest absolute Gasteiger partial charge is 0.493 e. The minimum Gasteiger partial charge on any atom is -0.493 e. The SMILES string of the molecule is COCOc1cc(C(=O)O)cc2c1CCO2. The van der Waals surface area contributed by atoms with Crippen molar-refractivity contribution in [2.75, 3.05) is 20.5 Å². The van der Waals surface area contributed by atoms with E-state index in [-0.39, 0.29) is 12.4 Å². The van der Waals surface area contributed by atoms with Crippen molar-refractivity contribution in [1.29, 1.82) is 0 Å². The second-order valence-electron chi connectivity index (χ2n) is 3.41. The molecule has 0 fully saturated rings. The summed E-state index contributed by atoms with van der Waals surface area (Å²) in [5.41, 5.74) is 1.06. The number of carboxylic acids is 1. The molecule has 1 aromatic carbocycles. The van der Waals surface area contributed by atoms with Crippen LogP contribution in [0.5, 0.6) is 11.5 Å². The van der Waals surface area contributed by atoms with E-state index in [1.807, 2.05) is 0 Å². The number of hydrogen-bond acceptors (Lipinski definition) is 4. The van der Waals surface area contributed by atoms with Gasteiger partial charge < -0.3 is 19.3 Å². The quantitative estimate of drug-likeness (QED) is 0.781. The normalized spacial score (nSPS) is 13.1. The van der Waals surface area contributed by atoms with Gasteiger partial charge in [0.2, 0.25) is 0 Å². The third-order valence-corrected chi connectivity index (χ3v) is 2.36. The summed E-state index contributed by atoms with van der Waals surface area (Å²) in [6.07, 6.45) is 0.730. The molecule has 0 spiro atoms. The van der Waals surface area contributed by atoms with Crippen LogP contribution in [-0.4, -0.2) is 31.6 Å². The van der Waals surface area contributed by atoms with Crippen LogP contribution in [-0.2, 0) is 11.2 Å². The summed E-state index contributed by atoms with van der Waals surface area (Å²) in [5, 5.41) is 8.92. The van der Waals surface area contributed by atoms with Gasteiger partial charge in [-0.2, -0.15) is 0 Å². The average molecular weight is 224 g/mol. The Hall–Kier alpha value is -1.75. The Morgan fingerprint density at radius 3 is 3.06 bits per heavy atom. The number of carboxylic acid groups (broad SMARTS) is 1. The Morgan fingerprint density at radius 2 is 2.38 bits per heavy atom. The van der Waals surface area contributed by atoms with Crippen LogP contribution in [0, 0.1) is 0 Å². The summed E-state index contributed by atoms with van der Waals surface area (Å²) in [4.78, 5) is 10.9. The van der Waals surface area contributed by atoms with Crippen molar-refractivity contribution in [3.63, 3.8) is 0 Å². The number of ether oxygens (including phenoxy) is 3. The standard InChI is InChI=1S/C11H12O5/c1-14-6-16-10-5-7(11(12)13)4-9-8(10)2-3-15-9/h4-5H,2-3,6H2,1H3,(H,12,13). The van der Waals surface area contributed by atoms with Crippen LogP contribution in [0.3, 0.4) is 0 Å². The monoisotopic (exact) mass is 224 g/mol. The van der Waals surface area contributed by atoms with E-state index in [2.05, 4.69) is 0 Å². The molecule has 5 heteroatoms. The minimum atomic E-state index is -0.999. The minimum absolute atomic E-state index is 0.0928. The highest BCUT2D eigenvalue weighted by molar-refractivity contribution is 5.89. The fourth-order valence-corrected chi connectivity index (χ4v) is 1.63. The average Bonchev–Trinajstić information content (AvgIpc) is 2.73. The number of methoxy groups -OCH3 is 1. The molecule has 0 bridgehead atoms.